The van der Waals surface area contributed by atoms with Gasteiger partial charge in [-0.25, -0.2) is 18.5 Å². The summed E-state index contributed by atoms with van der Waals surface area (Å²) in [7, 11) is -2.63. The minimum absolute atomic E-state index is 0.0111. The number of primary sulfonamides is 1. The zero-order valence-corrected chi connectivity index (χ0v) is 17.9. The highest BCUT2D eigenvalue weighted by molar-refractivity contribution is 7.89. The van der Waals surface area contributed by atoms with Crippen LogP contribution in [0.4, 0.5) is 5.69 Å². The highest BCUT2D eigenvalue weighted by Gasteiger charge is 2.18. The van der Waals surface area contributed by atoms with Gasteiger partial charge in [-0.05, 0) is 36.2 Å². The Kier molecular flexibility index (Phi) is 6.40. The molecule has 1 aromatic heterocycles. The maximum atomic E-state index is 12.6. The van der Waals surface area contributed by atoms with Crippen molar-refractivity contribution in [1.29, 1.82) is 0 Å². The van der Waals surface area contributed by atoms with Crippen LogP contribution in [0.5, 0.6) is 5.88 Å². The number of anilines is 1. The lowest BCUT2D eigenvalue weighted by molar-refractivity contribution is -0.115. The van der Waals surface area contributed by atoms with Crippen LogP contribution in [-0.2, 0) is 21.2 Å². The average molecular weight is 446 g/mol. The zero-order valence-electron chi connectivity index (χ0n) is 16.3. The largest absolute Gasteiger partial charge is 0.481 e. The van der Waals surface area contributed by atoms with Gasteiger partial charge in [0.1, 0.15) is 0 Å². The van der Waals surface area contributed by atoms with Gasteiger partial charge >= 0.3 is 0 Å². The van der Waals surface area contributed by atoms with Gasteiger partial charge in [-0.2, -0.15) is 0 Å². The Morgan fingerprint density at radius 3 is 2.70 bits per heavy atom. The quantitative estimate of drug-likeness (QED) is 0.600. The standard InChI is InChI=1S/C21H20ClN3O4S/c1-3-5-13-6-4-7-14(20(13)22)10-19(26)25-15-11-17-16(8-9-24-21(17)29-2)18(12-15)30(23,27)28/h3-9,11-12H,10H2,1-2H3,(H,25,26)(H2,23,27,28)/b5-3+. The molecule has 0 fully saturated rings. The Morgan fingerprint density at radius 2 is 2.03 bits per heavy atom. The molecule has 3 rings (SSSR count). The summed E-state index contributed by atoms with van der Waals surface area (Å²) in [5, 5.41) is 9.33. The molecule has 0 radical (unpaired) electrons. The van der Waals surface area contributed by atoms with E-state index in [-0.39, 0.29) is 28.8 Å². The fourth-order valence-corrected chi connectivity index (χ4v) is 4.15. The number of nitrogens with two attached hydrogens (primary N) is 1. The van der Waals surface area contributed by atoms with E-state index in [4.69, 9.17) is 21.5 Å². The molecule has 0 unspecified atom stereocenters. The van der Waals surface area contributed by atoms with Crippen LogP contribution >= 0.6 is 11.6 Å². The second-order valence-electron chi connectivity index (χ2n) is 6.48. The summed E-state index contributed by atoms with van der Waals surface area (Å²) >= 11 is 6.39. The highest BCUT2D eigenvalue weighted by atomic mass is 35.5. The number of pyridine rings is 1. The number of allylic oxidation sites excluding steroid dienone is 1. The number of rotatable bonds is 6. The van der Waals surface area contributed by atoms with Gasteiger partial charge in [0.2, 0.25) is 21.8 Å². The summed E-state index contributed by atoms with van der Waals surface area (Å²) in [5.41, 5.74) is 1.71. The van der Waals surface area contributed by atoms with E-state index < -0.39 is 10.0 Å². The lowest BCUT2D eigenvalue weighted by Gasteiger charge is -2.13. The van der Waals surface area contributed by atoms with Crippen LogP contribution in [0.15, 0.2) is 53.6 Å². The van der Waals surface area contributed by atoms with Crippen molar-refractivity contribution in [1.82, 2.24) is 4.98 Å². The number of hydrogen-bond donors (Lipinski definition) is 2. The van der Waals surface area contributed by atoms with Crippen molar-refractivity contribution in [2.45, 2.75) is 18.2 Å². The molecule has 0 aliphatic heterocycles. The first-order valence-corrected chi connectivity index (χ1v) is 10.9. The number of ether oxygens (including phenoxy) is 1. The predicted molar refractivity (Wildman–Crippen MR) is 118 cm³/mol. The molecule has 0 atom stereocenters. The second-order valence-corrected chi connectivity index (χ2v) is 8.39. The Labute approximate surface area is 179 Å². The molecule has 9 heteroatoms. The Bertz CT molecular complexity index is 1260. The molecule has 0 bridgehead atoms. The van der Waals surface area contributed by atoms with E-state index in [2.05, 4.69) is 10.3 Å². The zero-order chi connectivity index (χ0) is 21.9. The summed E-state index contributed by atoms with van der Waals surface area (Å²) < 4.78 is 29.4. The molecule has 3 aromatic rings. The van der Waals surface area contributed by atoms with Crippen LogP contribution in [0.1, 0.15) is 18.1 Å². The van der Waals surface area contributed by atoms with Crippen molar-refractivity contribution >= 4 is 50.1 Å². The first-order valence-electron chi connectivity index (χ1n) is 8.94. The van der Waals surface area contributed by atoms with Gasteiger partial charge in [0, 0.05) is 22.7 Å². The number of hydrogen-bond acceptors (Lipinski definition) is 5. The lowest BCUT2D eigenvalue weighted by atomic mass is 10.1. The van der Waals surface area contributed by atoms with Crippen molar-refractivity contribution < 1.29 is 17.9 Å². The van der Waals surface area contributed by atoms with E-state index in [9.17, 15) is 13.2 Å². The number of benzene rings is 2. The van der Waals surface area contributed by atoms with Gasteiger partial charge in [-0.3, -0.25) is 4.79 Å². The van der Waals surface area contributed by atoms with Gasteiger partial charge < -0.3 is 10.1 Å². The maximum absolute atomic E-state index is 12.6. The van der Waals surface area contributed by atoms with Crippen molar-refractivity contribution in [3.05, 3.63) is 64.8 Å². The first kappa shape index (κ1) is 21.8. The van der Waals surface area contributed by atoms with Crippen molar-refractivity contribution in [3.8, 4) is 5.88 Å². The average Bonchev–Trinajstić information content (AvgIpc) is 2.69. The molecule has 1 heterocycles. The van der Waals surface area contributed by atoms with Crippen LogP contribution in [0.2, 0.25) is 5.02 Å². The fraction of sp³-hybridized carbons (Fsp3) is 0.143. The smallest absolute Gasteiger partial charge is 0.238 e. The normalized spacial score (nSPS) is 11.7. The Balaban J connectivity index is 1.98. The first-order chi connectivity index (χ1) is 14.2. The number of sulfonamides is 1. The topological polar surface area (TPSA) is 111 Å². The Hall–Kier alpha value is -2.94. The van der Waals surface area contributed by atoms with Crippen LogP contribution in [0.3, 0.4) is 0 Å². The molecule has 156 valence electrons. The molecule has 0 spiro atoms. The van der Waals surface area contributed by atoms with Gasteiger partial charge in [0.25, 0.3) is 0 Å². The number of halogens is 1. The third-order valence-electron chi connectivity index (χ3n) is 4.39. The summed E-state index contributed by atoms with van der Waals surface area (Å²) in [6, 6.07) is 9.85. The van der Waals surface area contributed by atoms with Crippen LogP contribution in [0.25, 0.3) is 16.8 Å². The number of nitrogens with one attached hydrogen (secondary N) is 1. The lowest BCUT2D eigenvalue weighted by Crippen LogP contribution is -2.17. The molecule has 2 aromatic carbocycles. The van der Waals surface area contributed by atoms with Gasteiger partial charge in [0.15, 0.2) is 0 Å². The summed E-state index contributed by atoms with van der Waals surface area (Å²) in [6.07, 6.45) is 5.14. The Morgan fingerprint density at radius 1 is 1.27 bits per heavy atom. The van der Waals surface area contributed by atoms with Crippen molar-refractivity contribution in [2.75, 3.05) is 12.4 Å². The summed E-state index contributed by atoms with van der Waals surface area (Å²) in [5.74, 6) is -0.146. The van der Waals surface area contributed by atoms with E-state index in [1.54, 1.807) is 12.1 Å². The number of methoxy groups -OCH3 is 1. The van der Waals surface area contributed by atoms with Gasteiger partial charge in [-0.1, -0.05) is 42.0 Å². The van der Waals surface area contributed by atoms with E-state index in [0.717, 1.165) is 5.56 Å². The number of amides is 1. The summed E-state index contributed by atoms with van der Waals surface area (Å²) in [4.78, 5) is 16.6. The van der Waals surface area contributed by atoms with Crippen molar-refractivity contribution in [2.24, 2.45) is 5.14 Å². The van der Waals surface area contributed by atoms with Crippen LogP contribution in [0, 0.1) is 0 Å². The van der Waals surface area contributed by atoms with Crippen LogP contribution in [-0.4, -0.2) is 26.4 Å². The molecular formula is C21H20ClN3O4S. The van der Waals surface area contributed by atoms with E-state index >= 15 is 0 Å². The third-order valence-corrected chi connectivity index (χ3v) is 5.81. The van der Waals surface area contributed by atoms with Gasteiger partial charge in [-0.15, -0.1) is 0 Å². The molecule has 0 saturated heterocycles. The number of nitrogens with zero attached hydrogens (tertiary/aromatic N) is 1. The minimum Gasteiger partial charge on any atom is -0.481 e. The molecule has 0 aliphatic carbocycles. The van der Waals surface area contributed by atoms with Gasteiger partial charge in [0.05, 0.1) is 23.4 Å². The van der Waals surface area contributed by atoms with Crippen molar-refractivity contribution in [3.63, 3.8) is 0 Å². The summed E-state index contributed by atoms with van der Waals surface area (Å²) in [6.45, 7) is 1.88. The molecule has 7 nitrogen and oxygen atoms in total. The number of fused-ring (bicyclic) bond motifs is 1. The van der Waals surface area contributed by atoms with Crippen LogP contribution < -0.4 is 15.2 Å². The van der Waals surface area contributed by atoms with E-state index in [1.807, 2.05) is 31.2 Å². The van der Waals surface area contributed by atoms with E-state index in [1.165, 1.54) is 25.4 Å². The predicted octanol–water partition coefficient (Wildman–Crippen LogP) is 3.76. The molecule has 3 N–H and O–H groups in total. The number of carbonyl (C=O) groups excluding carboxylic acids is 1. The third kappa shape index (κ3) is 4.62. The molecule has 0 aliphatic rings. The minimum atomic E-state index is -4.05. The number of aromatic nitrogens is 1. The molecule has 1 amide bonds. The molecule has 30 heavy (non-hydrogen) atoms. The monoisotopic (exact) mass is 445 g/mol. The number of carbonyl (C=O) groups is 1. The second kappa shape index (κ2) is 8.83. The molecule has 0 saturated carbocycles. The fourth-order valence-electron chi connectivity index (χ4n) is 3.12. The maximum Gasteiger partial charge on any atom is 0.238 e. The molecular weight excluding hydrogens is 426 g/mol. The SMILES string of the molecule is C/C=C/c1cccc(CC(=O)Nc2cc(S(N)(=O)=O)c3ccnc(OC)c3c2)c1Cl. The highest BCUT2D eigenvalue weighted by Crippen LogP contribution is 2.32. The van der Waals surface area contributed by atoms with E-state index in [0.29, 0.717) is 21.4 Å².